The highest BCUT2D eigenvalue weighted by Gasteiger charge is 2.56. The molecule has 7 N–H and O–H groups in total. The molecule has 0 spiro atoms. The number of amides is 7. The molecule has 0 aromatic heterocycles. The predicted molar refractivity (Wildman–Crippen MR) is 444 cm³/mol. The van der Waals surface area contributed by atoms with E-state index >= 15 is 24.0 Å². The van der Waals surface area contributed by atoms with Crippen LogP contribution in [0.15, 0.2) is 36.4 Å². The molecular weight excluding hydrogens is 1480 g/mol. The topological polar surface area (TPSA) is 265 Å². The summed E-state index contributed by atoms with van der Waals surface area (Å²) < 4.78 is 78.6. The Balaban J connectivity index is 2.31. The number of hydrogen-bond donors (Lipinski definition) is 7. The minimum atomic E-state index is -5.42. The van der Waals surface area contributed by atoms with Crippen LogP contribution in [-0.4, -0.2) is 206 Å². The van der Waals surface area contributed by atoms with Crippen molar-refractivity contribution in [3.05, 3.63) is 42.0 Å². The van der Waals surface area contributed by atoms with Gasteiger partial charge in [0.25, 0.3) is 0 Å². The van der Waals surface area contributed by atoms with Gasteiger partial charge in [-0.1, -0.05) is 175 Å². The van der Waals surface area contributed by atoms with Gasteiger partial charge in [-0.2, -0.15) is 13.2 Å². The van der Waals surface area contributed by atoms with Crippen LogP contribution < -0.4 is 36.2 Å². The summed E-state index contributed by atoms with van der Waals surface area (Å²) in [7, 11) is -17.5. The third-order valence-corrected chi connectivity index (χ3v) is 53.9. The molecule has 3 fully saturated rings. The number of fused-ring (bicyclic) bond motifs is 2. The van der Waals surface area contributed by atoms with E-state index in [1.807, 2.05) is 106 Å². The fourth-order valence-corrected chi connectivity index (χ4v) is 21.6. The molecule has 13 atom stereocenters. The molecule has 7 amide bonds. The molecule has 0 bridgehead atoms. The molecule has 3 aliphatic rings. The van der Waals surface area contributed by atoms with Gasteiger partial charge in [0.15, 0.2) is 33.3 Å². The highest BCUT2D eigenvalue weighted by Crippen LogP contribution is 2.47. The summed E-state index contributed by atoms with van der Waals surface area (Å²) in [5, 5.41) is 25.4. The zero-order valence-corrected chi connectivity index (χ0v) is 78.6. The Morgan fingerprint density at radius 2 is 1.10 bits per heavy atom. The van der Waals surface area contributed by atoms with Gasteiger partial charge < -0.3 is 68.8 Å². The molecule has 2 unspecified atom stereocenters. The van der Waals surface area contributed by atoms with E-state index in [9.17, 15) is 27.8 Å². The second kappa shape index (κ2) is 35.0. The summed E-state index contributed by atoms with van der Waals surface area (Å²) in [5.41, 5.74) is 1.20. The van der Waals surface area contributed by atoms with Crippen molar-refractivity contribution in [2.24, 2.45) is 17.8 Å². The van der Waals surface area contributed by atoms with Crippen LogP contribution in [0.2, 0.25) is 122 Å². The second-order valence-corrected chi connectivity index (χ2v) is 70.3. The van der Waals surface area contributed by atoms with Crippen molar-refractivity contribution in [3.8, 4) is 5.75 Å². The fourth-order valence-electron chi connectivity index (χ4n) is 12.6. The lowest BCUT2D eigenvalue weighted by Gasteiger charge is -2.44. The largest absolute Gasteiger partial charge is 0.544 e. The zero-order valence-electron chi connectivity index (χ0n) is 72.6. The second-order valence-electron chi connectivity index (χ2n) is 40.8. The summed E-state index contributed by atoms with van der Waals surface area (Å²) in [6, 6.07) is -0.377. The lowest BCUT2D eigenvalue weighted by molar-refractivity contribution is -0.173. The Morgan fingerprint density at radius 3 is 1.57 bits per heavy atom. The maximum atomic E-state index is 16.8. The summed E-state index contributed by atoms with van der Waals surface area (Å²) in [6.45, 7) is 73.1. The smallest absolute Gasteiger partial charge is 0.471 e. The van der Waals surface area contributed by atoms with E-state index < -0.39 is 210 Å². The molecule has 1 aromatic rings. The van der Waals surface area contributed by atoms with Crippen molar-refractivity contribution in [1.82, 2.24) is 41.6 Å². The molecule has 31 heteroatoms. The third kappa shape index (κ3) is 24.5. The van der Waals surface area contributed by atoms with Crippen LogP contribution in [0.5, 0.6) is 5.75 Å². The van der Waals surface area contributed by atoms with Gasteiger partial charge in [0.2, 0.25) is 43.8 Å². The van der Waals surface area contributed by atoms with Crippen molar-refractivity contribution in [2.45, 2.75) is 353 Å². The van der Waals surface area contributed by atoms with Crippen LogP contribution in [0, 0.1) is 17.8 Å². The Labute approximate surface area is 654 Å². The molecule has 3 aliphatic heterocycles. The van der Waals surface area contributed by atoms with Gasteiger partial charge in [0.05, 0.1) is 50.5 Å². The molecule has 0 aliphatic carbocycles. The van der Waals surface area contributed by atoms with Gasteiger partial charge in [-0.15, -0.1) is 0 Å². The van der Waals surface area contributed by atoms with Crippen molar-refractivity contribution >= 4 is 98.1 Å². The first-order chi connectivity index (χ1) is 48.3. The first-order valence-corrected chi connectivity index (χ1v) is 56.8. The maximum Gasteiger partial charge on any atom is 0.471 e. The average Bonchev–Trinajstić information content (AvgIpc) is 1.59. The molecular formula is C77H144BF3N8O13Si6. The van der Waals surface area contributed by atoms with Gasteiger partial charge in [-0.05, 0) is 159 Å². The Hall–Kier alpha value is -4.03. The van der Waals surface area contributed by atoms with Gasteiger partial charge >= 0.3 is 19.1 Å². The van der Waals surface area contributed by atoms with E-state index in [1.54, 1.807) is 17.1 Å². The number of hydrogen-bond acceptors (Lipinski definition) is 14. The summed E-state index contributed by atoms with van der Waals surface area (Å²) in [5.74, 6) is -8.52. The van der Waals surface area contributed by atoms with Crippen LogP contribution in [0.25, 0.3) is 0 Å². The number of nitrogens with zero attached hydrogens (tertiary/aromatic N) is 2. The molecule has 21 nitrogen and oxygen atoms in total. The number of alkyl halides is 3. The van der Waals surface area contributed by atoms with Crippen LogP contribution >= 0.6 is 0 Å². The summed E-state index contributed by atoms with van der Waals surface area (Å²) in [6.07, 6.45) is -9.13. The number of carbonyl (C=O) groups is 7. The first-order valence-electron chi connectivity index (χ1n) is 39.1. The van der Waals surface area contributed by atoms with E-state index in [0.29, 0.717) is 17.4 Å². The van der Waals surface area contributed by atoms with Crippen molar-refractivity contribution in [1.29, 1.82) is 0 Å². The van der Waals surface area contributed by atoms with Gasteiger partial charge in [-0.3, -0.25) is 33.6 Å². The van der Waals surface area contributed by atoms with E-state index in [2.05, 4.69) is 162 Å². The van der Waals surface area contributed by atoms with Crippen LogP contribution in [-0.2, 0) is 57.7 Å². The highest BCUT2D eigenvalue weighted by molar-refractivity contribution is 6.80. The average molecular weight is 1630 g/mol. The lowest BCUT2D eigenvalue weighted by atomic mass is 9.87. The lowest BCUT2D eigenvalue weighted by Crippen LogP contribution is -2.64. The monoisotopic (exact) mass is 1620 g/mol. The van der Waals surface area contributed by atoms with E-state index in [0.717, 1.165) is 5.56 Å². The number of rotatable bonds is 21. The van der Waals surface area contributed by atoms with Gasteiger partial charge in [-0.25, -0.2) is 0 Å². The third-order valence-electron chi connectivity index (χ3n) is 25.8. The number of nitrogens with one attached hydrogen (secondary N) is 6. The van der Waals surface area contributed by atoms with Gasteiger partial charge in [0.1, 0.15) is 29.9 Å². The molecule has 3 heterocycles. The predicted octanol–water partition coefficient (Wildman–Crippen LogP) is 13.7. The van der Waals surface area contributed by atoms with E-state index in [4.69, 9.17) is 28.7 Å². The minimum absolute atomic E-state index is 0.0794. The Kier molecular flexibility index (Phi) is 31.2. The summed E-state index contributed by atoms with van der Waals surface area (Å²) in [4.78, 5) is 112. The van der Waals surface area contributed by atoms with Crippen molar-refractivity contribution in [3.63, 3.8) is 0 Å². The van der Waals surface area contributed by atoms with Gasteiger partial charge in [0, 0.05) is 32.1 Å². The van der Waals surface area contributed by atoms with Crippen LogP contribution in [0.3, 0.4) is 0 Å². The number of halogens is 3. The number of carbonyl (C=O) groups excluding carboxylic acids is 7. The molecule has 1 aromatic carbocycles. The molecule has 108 heavy (non-hydrogen) atoms. The standard InChI is InChI=1S/C77H144BF3N8O13Si6/c1-48-40-55(50(3)98-104(26,27)72(8,9)10)68(94)89-45-49(2)63(102-108(34,35)76(20,21)22)62(89)67(93)84-56(43-83-70(96)77(79,80)81)64(90)82-44-57(87-78(23)97)65(91)86-61(51(4)99-105(28,29)73(11,12)13)69(95)88-46-53(47-103(24,25)71(5,6)7)41-58(88)66(92)85-60(48)59(101-107(32,33)75(17,18)19)42-52-36-38-54(39-37-52)100-106(30,31)74(14,15)16/h36-39,49-51,53,55-63,87,97H,1,40-47H2,2-35H3,(H,82,90)(H,83,96)(H,84,93)(H,85,92)(H,86,91)/t49-,50?,51?,53+,55-,56+,57-,58-,59+,60+,61-,62-,63-/m0/s1. The van der Waals surface area contributed by atoms with Crippen LogP contribution in [0.4, 0.5) is 13.2 Å². The van der Waals surface area contributed by atoms with Crippen LogP contribution in [0.1, 0.15) is 164 Å². The molecule has 3 saturated heterocycles. The Bertz CT molecular complexity index is 3320. The minimum Gasteiger partial charge on any atom is -0.544 e. The quantitative estimate of drug-likeness (QED) is 0.0446. The maximum absolute atomic E-state index is 16.8. The normalized spacial score (nSPS) is 25.2. The summed E-state index contributed by atoms with van der Waals surface area (Å²) >= 11 is 0. The first kappa shape index (κ1) is 96.3. The SMILES string of the molecule is C=C1C[C@@H](C(C)O[Si](C)(C)C(C)(C)C)C(=O)N2C[C@H](C)[C@H](O[Si](C)(C)C(C)(C)C)[C@H]2C(=O)N[C@H](CNC(=O)C(F)(F)F)C(=O)NC[C@H](NB(C)O)C(=O)N[C@@H](C(C)O[Si](C)(C)C(C)(C)C)C(=O)N2C[C@H](C[Si](C)(C)C(C)(C)C)C[C@H]2C(=O)N[C@H]1[C@@H](Cc1ccc(O[Si](C)(C)C(C)(C)C)cc1)O[Si](C)(C)C(C)(C)C. The van der Waals surface area contributed by atoms with Crippen molar-refractivity contribution in [2.75, 3.05) is 26.2 Å². The zero-order chi connectivity index (χ0) is 83.8. The fraction of sp³-hybridized carbons (Fsp3) is 0.805. The molecule has 0 saturated carbocycles. The van der Waals surface area contributed by atoms with E-state index in [-0.39, 0.29) is 48.3 Å². The number of benzene rings is 1. The molecule has 0 radical (unpaired) electrons. The van der Waals surface area contributed by atoms with Crippen molar-refractivity contribution < 1.29 is 73.9 Å². The Morgan fingerprint density at radius 1 is 0.620 bits per heavy atom. The molecule has 618 valence electrons. The highest BCUT2D eigenvalue weighted by atomic mass is 28.4. The van der Waals surface area contributed by atoms with E-state index in [1.165, 1.54) is 11.7 Å². The molecule has 4 rings (SSSR count).